The third-order valence-electron chi connectivity index (χ3n) is 10.0. The van der Waals surface area contributed by atoms with E-state index in [4.69, 9.17) is 0 Å². The topological polar surface area (TPSA) is 32.3 Å². The Morgan fingerprint density at radius 1 is 0.636 bits per heavy atom. The molecule has 2 nitrogen and oxygen atoms in total. The van der Waals surface area contributed by atoms with Crippen molar-refractivity contribution in [3.05, 3.63) is 0 Å². The molecule has 4 aliphatic rings. The van der Waals surface area contributed by atoms with E-state index in [1.54, 1.807) is 0 Å². The SMILES string of the molecule is CCCCCCCCCCCCCCCCCCC(O)CC1(NC)C2CC3CC(C2)CC1C3. The van der Waals surface area contributed by atoms with E-state index in [9.17, 15) is 5.11 Å². The van der Waals surface area contributed by atoms with Crippen LogP contribution in [0.1, 0.15) is 155 Å². The zero-order valence-electron chi connectivity index (χ0n) is 22.6. The van der Waals surface area contributed by atoms with Crippen molar-refractivity contribution in [3.63, 3.8) is 0 Å². The van der Waals surface area contributed by atoms with Gasteiger partial charge in [0.25, 0.3) is 0 Å². The van der Waals surface area contributed by atoms with Gasteiger partial charge in [0.05, 0.1) is 6.10 Å². The highest BCUT2D eigenvalue weighted by Gasteiger charge is 2.56. The average molecular weight is 462 g/mol. The second kappa shape index (κ2) is 15.1. The van der Waals surface area contributed by atoms with E-state index < -0.39 is 0 Å². The van der Waals surface area contributed by atoms with Crippen LogP contribution in [0.2, 0.25) is 0 Å². The molecular weight excluding hydrogens is 402 g/mol. The Hall–Kier alpha value is -0.0800. The Morgan fingerprint density at radius 2 is 1.03 bits per heavy atom. The van der Waals surface area contributed by atoms with Gasteiger partial charge in [-0.25, -0.2) is 0 Å². The lowest BCUT2D eigenvalue weighted by molar-refractivity contribution is -0.0894. The maximum absolute atomic E-state index is 10.9. The molecule has 2 heteroatoms. The van der Waals surface area contributed by atoms with Crippen LogP contribution in [0.25, 0.3) is 0 Å². The highest BCUT2D eigenvalue weighted by Crippen LogP contribution is 2.59. The molecule has 4 rings (SSSR count). The fourth-order valence-corrected chi connectivity index (χ4v) is 8.29. The van der Waals surface area contributed by atoms with Crippen LogP contribution in [0, 0.1) is 23.7 Å². The molecule has 0 aromatic carbocycles. The molecule has 4 fully saturated rings. The molecule has 4 bridgehead atoms. The molecule has 1 atom stereocenters. The van der Waals surface area contributed by atoms with Crippen molar-refractivity contribution in [2.24, 2.45) is 23.7 Å². The van der Waals surface area contributed by atoms with Gasteiger partial charge in [-0.3, -0.25) is 0 Å². The predicted molar refractivity (Wildman–Crippen MR) is 144 cm³/mol. The van der Waals surface area contributed by atoms with Gasteiger partial charge in [0.15, 0.2) is 0 Å². The number of hydrogen-bond acceptors (Lipinski definition) is 2. The molecular formula is C31H59NO. The summed E-state index contributed by atoms with van der Waals surface area (Å²) in [5.41, 5.74) is 0.252. The van der Waals surface area contributed by atoms with E-state index in [1.807, 2.05) is 0 Å². The van der Waals surface area contributed by atoms with Crippen molar-refractivity contribution in [1.29, 1.82) is 0 Å². The van der Waals surface area contributed by atoms with Crippen LogP contribution in [-0.2, 0) is 0 Å². The first-order chi connectivity index (χ1) is 16.2. The van der Waals surface area contributed by atoms with E-state index in [0.717, 1.165) is 36.5 Å². The van der Waals surface area contributed by atoms with Crippen LogP contribution in [0.3, 0.4) is 0 Å². The lowest BCUT2D eigenvalue weighted by atomic mass is 9.47. The molecule has 4 saturated carbocycles. The Morgan fingerprint density at radius 3 is 1.42 bits per heavy atom. The highest BCUT2D eigenvalue weighted by molar-refractivity contribution is 5.11. The summed E-state index contributed by atoms with van der Waals surface area (Å²) in [5.74, 6) is 3.68. The molecule has 33 heavy (non-hydrogen) atoms. The first kappa shape index (κ1) is 27.5. The van der Waals surface area contributed by atoms with Gasteiger partial charge in [-0.15, -0.1) is 0 Å². The van der Waals surface area contributed by atoms with Crippen LogP contribution in [0.5, 0.6) is 0 Å². The minimum absolute atomic E-state index is 0.0957. The Bertz CT molecular complexity index is 475. The minimum atomic E-state index is -0.0957. The number of hydrogen-bond donors (Lipinski definition) is 2. The molecule has 1 unspecified atom stereocenters. The number of nitrogens with one attached hydrogen (secondary N) is 1. The van der Waals surface area contributed by atoms with E-state index in [-0.39, 0.29) is 11.6 Å². The molecule has 0 amide bonds. The quantitative estimate of drug-likeness (QED) is 0.177. The normalized spacial score (nSPS) is 31.4. The monoisotopic (exact) mass is 461 g/mol. The predicted octanol–water partition coefficient (Wildman–Crippen LogP) is 8.80. The van der Waals surface area contributed by atoms with Crippen LogP contribution in [0.4, 0.5) is 0 Å². The fraction of sp³-hybridized carbons (Fsp3) is 1.00. The van der Waals surface area contributed by atoms with E-state index >= 15 is 0 Å². The van der Waals surface area contributed by atoms with Crippen LogP contribution >= 0.6 is 0 Å². The van der Waals surface area contributed by atoms with Crippen molar-refractivity contribution in [2.45, 2.75) is 166 Å². The third-order valence-corrected chi connectivity index (χ3v) is 10.0. The summed E-state index contributed by atoms with van der Waals surface area (Å²) in [7, 11) is 2.18. The number of rotatable bonds is 20. The first-order valence-corrected chi connectivity index (χ1v) is 15.5. The van der Waals surface area contributed by atoms with Crippen LogP contribution < -0.4 is 5.32 Å². The van der Waals surface area contributed by atoms with Gasteiger partial charge >= 0.3 is 0 Å². The van der Waals surface area contributed by atoms with E-state index in [2.05, 4.69) is 19.3 Å². The molecule has 0 aliphatic heterocycles. The molecule has 0 aromatic rings. The second-order valence-corrected chi connectivity index (χ2v) is 12.5. The van der Waals surface area contributed by atoms with Gasteiger partial charge < -0.3 is 10.4 Å². The van der Waals surface area contributed by atoms with Crippen molar-refractivity contribution in [3.8, 4) is 0 Å². The zero-order valence-corrected chi connectivity index (χ0v) is 22.6. The number of unbranched alkanes of at least 4 members (excludes halogenated alkanes) is 15. The summed E-state index contributed by atoms with van der Waals surface area (Å²) in [6, 6.07) is 0. The zero-order chi connectivity index (χ0) is 23.4. The Kier molecular flexibility index (Phi) is 12.6. The van der Waals surface area contributed by atoms with Crippen molar-refractivity contribution in [1.82, 2.24) is 5.32 Å². The van der Waals surface area contributed by atoms with Gasteiger partial charge in [0.2, 0.25) is 0 Å². The van der Waals surface area contributed by atoms with Gasteiger partial charge in [-0.2, -0.15) is 0 Å². The summed E-state index contributed by atoms with van der Waals surface area (Å²) in [6.07, 6.45) is 31.8. The maximum Gasteiger partial charge on any atom is 0.0558 e. The molecule has 0 saturated heterocycles. The van der Waals surface area contributed by atoms with E-state index in [1.165, 1.54) is 135 Å². The lowest BCUT2D eigenvalue weighted by Crippen LogP contribution is -2.65. The van der Waals surface area contributed by atoms with Gasteiger partial charge in [0, 0.05) is 5.54 Å². The number of aliphatic hydroxyl groups is 1. The third kappa shape index (κ3) is 8.52. The first-order valence-electron chi connectivity index (χ1n) is 15.5. The molecule has 0 aromatic heterocycles. The second-order valence-electron chi connectivity index (χ2n) is 12.5. The molecule has 0 heterocycles. The summed E-state index contributed by atoms with van der Waals surface area (Å²) in [5, 5.41) is 14.7. The van der Waals surface area contributed by atoms with Gasteiger partial charge in [-0.1, -0.05) is 110 Å². The van der Waals surface area contributed by atoms with Crippen molar-refractivity contribution in [2.75, 3.05) is 7.05 Å². The van der Waals surface area contributed by atoms with Crippen LogP contribution in [0.15, 0.2) is 0 Å². The largest absolute Gasteiger partial charge is 0.393 e. The van der Waals surface area contributed by atoms with E-state index in [0.29, 0.717) is 0 Å². The molecule has 4 aliphatic carbocycles. The van der Waals surface area contributed by atoms with Crippen molar-refractivity contribution < 1.29 is 5.11 Å². The Labute approximate surface area is 207 Å². The van der Waals surface area contributed by atoms with Gasteiger partial charge in [-0.05, 0) is 75.7 Å². The summed E-state index contributed by atoms with van der Waals surface area (Å²) < 4.78 is 0. The van der Waals surface area contributed by atoms with Crippen LogP contribution in [-0.4, -0.2) is 23.8 Å². The van der Waals surface area contributed by atoms with Gasteiger partial charge in [0.1, 0.15) is 0 Å². The number of aliphatic hydroxyl groups excluding tert-OH is 1. The summed E-state index contributed by atoms with van der Waals surface area (Å²) in [6.45, 7) is 2.30. The fourth-order valence-electron chi connectivity index (χ4n) is 8.29. The average Bonchev–Trinajstić information content (AvgIpc) is 2.81. The Balaban J connectivity index is 1.13. The lowest BCUT2D eigenvalue weighted by Gasteiger charge is -2.62. The maximum atomic E-state index is 10.9. The smallest absolute Gasteiger partial charge is 0.0558 e. The minimum Gasteiger partial charge on any atom is -0.393 e. The molecule has 194 valence electrons. The van der Waals surface area contributed by atoms with Crippen molar-refractivity contribution >= 4 is 0 Å². The summed E-state index contributed by atoms with van der Waals surface area (Å²) in [4.78, 5) is 0. The summed E-state index contributed by atoms with van der Waals surface area (Å²) >= 11 is 0. The molecule has 0 spiro atoms. The molecule has 0 radical (unpaired) electrons. The highest BCUT2D eigenvalue weighted by atomic mass is 16.3. The molecule has 2 N–H and O–H groups in total. The standard InChI is InChI=1S/C31H59NO/c1-3-4-5-6-7-8-9-10-11-12-13-14-15-16-17-18-19-30(33)25-31(32-2)28-21-26-20-27(23-28)24-29(31)22-26/h26-30,32-33H,3-25H2,1-2H3.